The van der Waals surface area contributed by atoms with E-state index >= 15 is 0 Å². The number of rotatable bonds is 3. The minimum absolute atomic E-state index is 0. The van der Waals surface area contributed by atoms with Gasteiger partial charge in [0.05, 0.1) is 6.04 Å². The topological polar surface area (TPSA) is 52.7 Å². The number of nitrogens with zero attached hydrogens (tertiary/aromatic N) is 2. The van der Waals surface area contributed by atoms with Gasteiger partial charge in [-0.1, -0.05) is 0 Å². The molecule has 0 saturated carbocycles. The third-order valence-corrected chi connectivity index (χ3v) is 4.64. The van der Waals surface area contributed by atoms with Crippen LogP contribution >= 0.6 is 12.4 Å². The number of halogens is 1. The summed E-state index contributed by atoms with van der Waals surface area (Å²) in [6.07, 6.45) is 3.64. The Morgan fingerprint density at radius 1 is 1.19 bits per heavy atom. The van der Waals surface area contributed by atoms with E-state index in [1.807, 2.05) is 30.7 Å². The summed E-state index contributed by atoms with van der Waals surface area (Å²) in [5.74, 6) is 0.541. The van der Waals surface area contributed by atoms with E-state index < -0.39 is 0 Å². The molecule has 0 aromatic heterocycles. The zero-order chi connectivity index (χ0) is 14.7. The molecule has 0 spiro atoms. The minimum atomic E-state index is 0. The largest absolute Gasteiger partial charge is 0.343 e. The molecule has 0 aromatic rings. The fraction of sp³-hybridized carbons (Fsp3) is 0.867. The maximum atomic E-state index is 12.3. The first kappa shape index (κ1) is 18.2. The maximum absolute atomic E-state index is 12.3. The first-order valence-corrected chi connectivity index (χ1v) is 7.79. The number of amides is 2. The van der Waals surface area contributed by atoms with Crippen molar-refractivity contribution in [1.29, 1.82) is 0 Å². The Morgan fingerprint density at radius 2 is 1.81 bits per heavy atom. The van der Waals surface area contributed by atoms with Crippen molar-refractivity contribution < 1.29 is 9.59 Å². The molecule has 0 aliphatic carbocycles. The Labute approximate surface area is 133 Å². The van der Waals surface area contributed by atoms with Crippen LogP contribution in [0, 0.1) is 5.92 Å². The molecule has 0 radical (unpaired) electrons. The zero-order valence-corrected chi connectivity index (χ0v) is 14.1. The van der Waals surface area contributed by atoms with Crippen molar-refractivity contribution >= 4 is 24.2 Å². The molecule has 1 N–H and O–H groups in total. The van der Waals surface area contributed by atoms with Gasteiger partial charge in [0.15, 0.2) is 0 Å². The molecule has 21 heavy (non-hydrogen) atoms. The summed E-state index contributed by atoms with van der Waals surface area (Å²) in [5, 5.41) is 3.25. The van der Waals surface area contributed by atoms with Crippen LogP contribution in [0.3, 0.4) is 0 Å². The van der Waals surface area contributed by atoms with Crippen LogP contribution in [0.5, 0.6) is 0 Å². The second-order valence-electron chi connectivity index (χ2n) is 6.29. The summed E-state index contributed by atoms with van der Waals surface area (Å²) in [7, 11) is 1.87. The van der Waals surface area contributed by atoms with Crippen LogP contribution in [0.15, 0.2) is 0 Å². The number of piperidine rings is 1. The van der Waals surface area contributed by atoms with Crippen LogP contribution in [0.25, 0.3) is 0 Å². The fourth-order valence-corrected chi connectivity index (χ4v) is 3.01. The van der Waals surface area contributed by atoms with Crippen molar-refractivity contribution in [2.24, 2.45) is 5.92 Å². The molecule has 1 unspecified atom stereocenters. The third-order valence-electron chi connectivity index (χ3n) is 4.64. The molecule has 2 saturated heterocycles. The number of carbonyl (C=O) groups is 2. The number of hydrogen-bond donors (Lipinski definition) is 1. The number of likely N-dealkylation sites (tertiary alicyclic amines) is 1. The Kier molecular flexibility index (Phi) is 6.94. The molecule has 0 aromatic carbocycles. The standard InChI is InChI=1S/C15H27N3O2.ClH/c1-11(2)17(3)14(19)12-6-9-18(10-7-12)15(20)13-5-4-8-16-13;/h11-13,16H,4-10H2,1-3H3;1H. The SMILES string of the molecule is CC(C)N(C)C(=O)C1CCN(C(=O)C2CCCN2)CC1.Cl. The molecule has 2 amide bonds. The van der Waals surface area contributed by atoms with Gasteiger partial charge in [0.1, 0.15) is 0 Å². The summed E-state index contributed by atoms with van der Waals surface area (Å²) in [6, 6.07) is 0.255. The lowest BCUT2D eigenvalue weighted by molar-refractivity contribution is -0.141. The number of carbonyl (C=O) groups excluding carboxylic acids is 2. The van der Waals surface area contributed by atoms with E-state index in [4.69, 9.17) is 0 Å². The van der Waals surface area contributed by atoms with Gasteiger partial charge in [-0.3, -0.25) is 9.59 Å². The van der Waals surface area contributed by atoms with Crippen LogP contribution in [0.4, 0.5) is 0 Å². The van der Waals surface area contributed by atoms with Crippen LogP contribution in [0.2, 0.25) is 0 Å². The summed E-state index contributed by atoms with van der Waals surface area (Å²) in [6.45, 7) is 6.45. The minimum Gasteiger partial charge on any atom is -0.343 e. The Hall–Kier alpha value is -0.810. The highest BCUT2D eigenvalue weighted by atomic mass is 35.5. The molecular formula is C15H28ClN3O2. The van der Waals surface area contributed by atoms with Gasteiger partial charge >= 0.3 is 0 Å². The van der Waals surface area contributed by atoms with E-state index in [1.165, 1.54) is 0 Å². The van der Waals surface area contributed by atoms with Crippen molar-refractivity contribution in [2.75, 3.05) is 26.7 Å². The number of hydrogen-bond acceptors (Lipinski definition) is 3. The van der Waals surface area contributed by atoms with E-state index in [1.54, 1.807) is 0 Å². The van der Waals surface area contributed by atoms with Gasteiger partial charge < -0.3 is 15.1 Å². The van der Waals surface area contributed by atoms with E-state index in [0.29, 0.717) is 0 Å². The Morgan fingerprint density at radius 3 is 2.29 bits per heavy atom. The van der Waals surface area contributed by atoms with Crippen LogP contribution < -0.4 is 5.32 Å². The average Bonchev–Trinajstić information content (AvgIpc) is 2.99. The van der Waals surface area contributed by atoms with Gasteiger partial charge in [-0.05, 0) is 46.1 Å². The summed E-state index contributed by atoms with van der Waals surface area (Å²) in [4.78, 5) is 28.3. The molecule has 1 atom stereocenters. The van der Waals surface area contributed by atoms with Crippen molar-refractivity contribution in [1.82, 2.24) is 15.1 Å². The molecule has 2 aliphatic heterocycles. The van der Waals surface area contributed by atoms with Crippen molar-refractivity contribution in [3.63, 3.8) is 0 Å². The van der Waals surface area contributed by atoms with Crippen molar-refractivity contribution in [3.05, 3.63) is 0 Å². The highest BCUT2D eigenvalue weighted by molar-refractivity contribution is 5.85. The van der Waals surface area contributed by atoms with Crippen LogP contribution in [0.1, 0.15) is 39.5 Å². The Bertz CT molecular complexity index is 340. The lowest BCUT2D eigenvalue weighted by Gasteiger charge is -2.35. The molecule has 2 fully saturated rings. The molecule has 2 rings (SSSR count). The van der Waals surface area contributed by atoms with Crippen molar-refractivity contribution in [2.45, 2.75) is 51.6 Å². The maximum Gasteiger partial charge on any atom is 0.239 e. The molecule has 0 bridgehead atoms. The van der Waals surface area contributed by atoms with E-state index in [0.717, 1.165) is 45.3 Å². The summed E-state index contributed by atoms with van der Waals surface area (Å²) < 4.78 is 0. The molecule has 6 heteroatoms. The lowest BCUT2D eigenvalue weighted by Crippen LogP contribution is -2.49. The molecule has 122 valence electrons. The molecule has 5 nitrogen and oxygen atoms in total. The monoisotopic (exact) mass is 317 g/mol. The van der Waals surface area contributed by atoms with E-state index in [-0.39, 0.29) is 42.2 Å². The predicted molar refractivity (Wildman–Crippen MR) is 85.5 cm³/mol. The van der Waals surface area contributed by atoms with Gasteiger partial charge in [0.25, 0.3) is 0 Å². The fourth-order valence-electron chi connectivity index (χ4n) is 3.01. The third kappa shape index (κ3) is 4.33. The summed E-state index contributed by atoms with van der Waals surface area (Å²) >= 11 is 0. The Balaban J connectivity index is 0.00000220. The number of nitrogens with one attached hydrogen (secondary N) is 1. The second kappa shape index (κ2) is 7.99. The van der Waals surface area contributed by atoms with Gasteiger partial charge in [-0.2, -0.15) is 0 Å². The lowest BCUT2D eigenvalue weighted by atomic mass is 9.94. The predicted octanol–water partition coefficient (Wildman–Crippen LogP) is 1.27. The molecule has 2 aliphatic rings. The van der Waals surface area contributed by atoms with Gasteiger partial charge in [0.2, 0.25) is 11.8 Å². The van der Waals surface area contributed by atoms with E-state index in [9.17, 15) is 9.59 Å². The molecular weight excluding hydrogens is 290 g/mol. The quantitative estimate of drug-likeness (QED) is 0.853. The van der Waals surface area contributed by atoms with Gasteiger partial charge in [-0.15, -0.1) is 12.4 Å². The van der Waals surface area contributed by atoms with Crippen molar-refractivity contribution in [3.8, 4) is 0 Å². The smallest absolute Gasteiger partial charge is 0.239 e. The van der Waals surface area contributed by atoms with E-state index in [2.05, 4.69) is 5.32 Å². The average molecular weight is 318 g/mol. The first-order chi connectivity index (χ1) is 9.50. The second-order valence-corrected chi connectivity index (χ2v) is 6.29. The van der Waals surface area contributed by atoms with Gasteiger partial charge in [0, 0.05) is 32.1 Å². The zero-order valence-electron chi connectivity index (χ0n) is 13.3. The van der Waals surface area contributed by atoms with Crippen LogP contribution in [-0.2, 0) is 9.59 Å². The summed E-state index contributed by atoms with van der Waals surface area (Å²) in [5.41, 5.74) is 0. The highest BCUT2D eigenvalue weighted by Crippen LogP contribution is 2.21. The van der Waals surface area contributed by atoms with Gasteiger partial charge in [-0.25, -0.2) is 0 Å². The molecule has 2 heterocycles. The normalized spacial score (nSPS) is 23.0. The highest BCUT2D eigenvalue weighted by Gasteiger charge is 2.33. The first-order valence-electron chi connectivity index (χ1n) is 7.79. The van der Waals surface area contributed by atoms with Crippen LogP contribution in [-0.4, -0.2) is 60.4 Å².